The van der Waals surface area contributed by atoms with E-state index in [1.165, 1.54) is 58.5 Å². The van der Waals surface area contributed by atoms with Crippen molar-refractivity contribution in [2.45, 2.75) is 224 Å². The number of Topliss-reactive ketones (excluding diaryl/α,β-unsaturated/α-hetero) is 3. The zero-order valence-electron chi connectivity index (χ0n) is 76.5. The highest BCUT2D eigenvalue weighted by atomic mass is 32.2. The van der Waals surface area contributed by atoms with E-state index in [9.17, 15) is 80.6 Å². The number of nitrogens with zero attached hydrogens (tertiary/aromatic N) is 5. The first kappa shape index (κ1) is 107. The highest BCUT2D eigenvalue weighted by molar-refractivity contribution is 8.00. The van der Waals surface area contributed by atoms with Crippen LogP contribution in [-0.2, 0) is 113 Å². The molecule has 0 spiro atoms. The Labute approximate surface area is 774 Å². The first-order chi connectivity index (χ1) is 63.0. The number of hydrogen-bond acceptors (Lipinski definition) is 21. The number of alkyl halides is 3. The predicted molar refractivity (Wildman–Crippen MR) is 486 cm³/mol. The Hall–Kier alpha value is -12.6. The molecule has 7 rings (SSSR count). The van der Waals surface area contributed by atoms with Gasteiger partial charge in [0.15, 0.2) is 23.3 Å². The summed E-state index contributed by atoms with van der Waals surface area (Å²) in [6, 6.07) is 3.94. The molecule has 38 nitrogen and oxygen atoms in total. The van der Waals surface area contributed by atoms with E-state index < -0.39 is 259 Å². The number of primary amides is 2. The molecule has 2 aromatic heterocycles. The number of fused-ring (bicyclic) bond motifs is 2. The number of aromatic nitrogens is 3. The second kappa shape index (κ2) is 52.0. The SMILES string of the molecule is CCCC[C@H]1C(=O)N[C@@H](CCCNC(=N)N)C(=O)N[C@H](C(=O)NCC(N)=O)CSCC(=O)N[C@@H](Cc2ccccc2)C(=O)N(C)[C@@H](C)C(=O)N[C@@H](CC(N)=O)C(=O)N2CCCC2C(=O)N[C@@H](Cc2cnc[nH]2)C(=O)N[C@@H](CC(C)C)C(=O)N(C)CC(=O)C[C@@H](Cc2cccc(C(F)(F)F)c2)C(=O)N[C@@H](CO)C(=O)C[C@@H](Cc2c[nH]c3ccccc23)C(=O)N(C)[C@@H](CCCC)C(=O)C1C. The van der Waals surface area contributed by atoms with Gasteiger partial charge in [-0.1, -0.05) is 127 Å². The fraction of sp³-hybridized carbons (Fsp3) is 0.549. The van der Waals surface area contributed by atoms with Crippen molar-refractivity contribution in [3.05, 3.63) is 126 Å². The van der Waals surface area contributed by atoms with E-state index in [4.69, 9.17) is 22.6 Å². The van der Waals surface area contributed by atoms with Crippen LogP contribution in [0.25, 0.3) is 10.9 Å². The van der Waals surface area contributed by atoms with Gasteiger partial charge >= 0.3 is 6.18 Å². The summed E-state index contributed by atoms with van der Waals surface area (Å²) in [5.41, 5.74) is 17.6. The van der Waals surface area contributed by atoms with Crippen molar-refractivity contribution in [1.29, 1.82) is 5.41 Å². The second-order valence-electron chi connectivity index (χ2n) is 34.5. The number of aliphatic hydroxyl groups excluding tert-OH is 1. The molecule has 133 heavy (non-hydrogen) atoms. The van der Waals surface area contributed by atoms with Gasteiger partial charge in [0.05, 0.1) is 49.8 Å². The molecule has 14 atom stereocenters. The minimum atomic E-state index is -4.88. The number of ketones is 3. The number of likely N-dealkylation sites (N-methyl/N-ethyl adjacent to an activating group) is 3. The predicted octanol–water partition coefficient (Wildman–Crippen LogP) is 1.58. The van der Waals surface area contributed by atoms with Gasteiger partial charge < -0.3 is 99.7 Å². The number of amides is 14. The molecule has 0 bridgehead atoms. The van der Waals surface area contributed by atoms with Gasteiger partial charge in [0.25, 0.3) is 0 Å². The number of H-pyrrole nitrogens is 2. The summed E-state index contributed by atoms with van der Waals surface area (Å²) in [6.45, 7) is 7.15. The number of aromatic amines is 2. The fourth-order valence-corrected chi connectivity index (χ4v) is 17.1. The quantitative estimate of drug-likeness (QED) is 0.0212. The van der Waals surface area contributed by atoms with Crippen LogP contribution in [0.1, 0.15) is 159 Å². The Morgan fingerprint density at radius 2 is 1.29 bits per heavy atom. The topological polar surface area (TPSA) is 578 Å². The third kappa shape index (κ3) is 32.7. The van der Waals surface area contributed by atoms with Crippen LogP contribution in [0.4, 0.5) is 13.2 Å². The molecule has 0 radical (unpaired) electrons. The normalized spacial score (nSPS) is 24.2. The Kier molecular flexibility index (Phi) is 42.0. The van der Waals surface area contributed by atoms with Crippen LogP contribution in [0.15, 0.2) is 97.6 Å². The molecule has 42 heteroatoms. The average Bonchev–Trinajstić information content (AvgIpc) is 1.25. The molecular formula is C91H127F3N20O18S. The number of hydrogen-bond donors (Lipinski definition) is 16. The van der Waals surface area contributed by atoms with Gasteiger partial charge in [0, 0.05) is 118 Å². The van der Waals surface area contributed by atoms with Crippen LogP contribution in [0.5, 0.6) is 0 Å². The summed E-state index contributed by atoms with van der Waals surface area (Å²) in [4.78, 5) is 263. The molecule has 2 saturated heterocycles. The van der Waals surface area contributed by atoms with Gasteiger partial charge in [-0.05, 0) is 99.5 Å². The smallest absolute Gasteiger partial charge is 0.394 e. The highest BCUT2D eigenvalue weighted by Gasteiger charge is 2.45. The number of guanidine groups is 1. The Bertz CT molecular complexity index is 4910. The van der Waals surface area contributed by atoms with Crippen LogP contribution < -0.4 is 65.1 Å². The third-order valence-corrected chi connectivity index (χ3v) is 24.7. The van der Waals surface area contributed by atoms with Gasteiger partial charge in [-0.3, -0.25) is 86.9 Å². The van der Waals surface area contributed by atoms with Crippen LogP contribution in [0.2, 0.25) is 0 Å². The number of nitrogens with one attached hydrogen (secondary N) is 12. The summed E-state index contributed by atoms with van der Waals surface area (Å²) in [6.07, 6.45) is -2.55. The van der Waals surface area contributed by atoms with E-state index in [1.807, 2.05) is 13.8 Å². The van der Waals surface area contributed by atoms with Crippen molar-refractivity contribution in [2.24, 2.45) is 46.8 Å². The lowest BCUT2D eigenvalue weighted by Crippen LogP contribution is -2.60. The molecule has 14 amide bonds. The minimum absolute atomic E-state index is 0.00843. The number of aliphatic hydroxyl groups is 1. The third-order valence-electron chi connectivity index (χ3n) is 23.7. The number of unbranched alkanes of at least 4 members (excludes halogenated alkanes) is 2. The van der Waals surface area contributed by atoms with Crippen molar-refractivity contribution in [3.63, 3.8) is 0 Å². The molecule has 726 valence electrons. The van der Waals surface area contributed by atoms with Crippen molar-refractivity contribution >= 4 is 129 Å². The van der Waals surface area contributed by atoms with Gasteiger partial charge in [-0.15, -0.1) is 11.8 Å². The van der Waals surface area contributed by atoms with Crippen molar-refractivity contribution in [3.8, 4) is 0 Å². The number of carbonyl (C=O) groups is 17. The van der Waals surface area contributed by atoms with E-state index in [-0.39, 0.29) is 88.8 Å². The first-order valence-corrected chi connectivity index (χ1v) is 45.8. The maximum Gasteiger partial charge on any atom is 0.416 e. The molecule has 3 aromatic carbocycles. The number of para-hydroxylation sites is 1. The van der Waals surface area contributed by atoms with Gasteiger partial charge in [-0.25, -0.2) is 4.98 Å². The lowest BCUT2D eigenvalue weighted by atomic mass is 9.81. The maximum absolute atomic E-state index is 15.7. The zero-order chi connectivity index (χ0) is 98.1. The molecule has 2 unspecified atom stereocenters. The summed E-state index contributed by atoms with van der Waals surface area (Å²) in [7, 11) is 3.82. The highest BCUT2D eigenvalue weighted by Crippen LogP contribution is 2.33. The summed E-state index contributed by atoms with van der Waals surface area (Å²) >= 11 is 0.784. The number of thioether (sulfide) groups is 1. The zero-order valence-corrected chi connectivity index (χ0v) is 77.3. The Balaban J connectivity index is 1.31. The first-order valence-electron chi connectivity index (χ1n) is 44.7. The fourth-order valence-electron chi connectivity index (χ4n) is 16.2. The Morgan fingerprint density at radius 3 is 1.94 bits per heavy atom. The molecule has 2 aliphatic heterocycles. The van der Waals surface area contributed by atoms with Crippen LogP contribution in [0, 0.1) is 35.0 Å². The number of nitrogens with two attached hydrogens (primary N) is 3. The summed E-state index contributed by atoms with van der Waals surface area (Å²) in [5, 5.41) is 43.1. The van der Waals surface area contributed by atoms with Crippen LogP contribution in [0.3, 0.4) is 0 Å². The van der Waals surface area contributed by atoms with Crippen LogP contribution in [-0.4, -0.2) is 272 Å². The van der Waals surface area contributed by atoms with Crippen LogP contribution >= 0.6 is 11.8 Å². The van der Waals surface area contributed by atoms with Gasteiger partial charge in [0.2, 0.25) is 82.7 Å². The van der Waals surface area contributed by atoms with Gasteiger partial charge in [-0.2, -0.15) is 13.2 Å². The number of imidazole rings is 1. The molecule has 2 aliphatic rings. The number of carbonyl (C=O) groups excluding carboxylic acids is 17. The van der Waals surface area contributed by atoms with Gasteiger partial charge in [0.1, 0.15) is 54.4 Å². The molecular weight excluding hydrogens is 1750 g/mol. The lowest BCUT2D eigenvalue weighted by molar-refractivity contribution is -0.146. The molecule has 0 aliphatic carbocycles. The number of rotatable bonds is 26. The molecule has 2 fully saturated rings. The van der Waals surface area contributed by atoms with Crippen molar-refractivity contribution in [1.82, 2.24) is 82.4 Å². The van der Waals surface area contributed by atoms with E-state index >= 15 is 19.2 Å². The molecule has 19 N–H and O–H groups in total. The van der Waals surface area contributed by atoms with Crippen molar-refractivity contribution < 1.29 is 99.8 Å². The van der Waals surface area contributed by atoms with Crippen molar-refractivity contribution in [2.75, 3.05) is 65.4 Å². The van der Waals surface area contributed by atoms with E-state index in [1.54, 1.807) is 74.6 Å². The van der Waals surface area contributed by atoms with E-state index in [0.717, 1.165) is 44.7 Å². The largest absolute Gasteiger partial charge is 0.416 e. The molecule has 5 aromatic rings. The van der Waals surface area contributed by atoms with E-state index in [0.29, 0.717) is 53.4 Å². The number of benzene rings is 3. The Morgan fingerprint density at radius 1 is 0.632 bits per heavy atom. The van der Waals surface area contributed by atoms with E-state index in [2.05, 4.69) is 62.8 Å². The average molecular weight is 1880 g/mol. The second-order valence-corrected chi connectivity index (χ2v) is 35.5. The monoisotopic (exact) mass is 1880 g/mol. The number of halogens is 3. The molecule has 4 heterocycles. The minimum Gasteiger partial charge on any atom is -0.394 e. The molecule has 0 saturated carbocycles. The standard InChI is InChI=1S/C91H127F3N20O18S/c1-10-12-26-62-52(5)78(121)72(30-13-11-2)113(9)86(129)57(38-58-43-101-64-28-18-17-27-63(58)64)40-74(117)70(47-115)109-80(123)56(35-55-24-19-25-59(36-55)91(92,93)94)39-61(116)46-111(7)87(130)67(34-51(3)4)108-84(127)66(41-60-44-99-50-103-60)106-85(128)73-31-21-33-114(73)89(132)69(42-75(95)118)107-79(122)53(6)112(8)88(131)68(37-54-22-15-14-16-23-54)104-77(120)49-133-48-71(82(125)102-45-76(96)119)110-83(126)65(105-81(62)124)29-20-32-100-90(97)98/h14-19,22-25,27-28,36,43-44,50-53,56-57,62,65-73,101,115H,10-13,20-21,26,29-35,37-42,45-49H2,1-9H3,(H2,95,118)(H2,96,119)(H,99,103)(H,102,125)(H,104,120)(H,105,124)(H,106,128)(H,107,122)(H,108,127)(H,109,123)(H,110,126)(H4,97,98,100)/t52?,53-,56+,57+,62+,65-,66-,67-,68-,69-,70-,71-,72-,73?/m0/s1. The summed E-state index contributed by atoms with van der Waals surface area (Å²) in [5.74, 6) is -22.7. The lowest BCUT2D eigenvalue weighted by Gasteiger charge is -2.34. The maximum atomic E-state index is 15.7. The summed E-state index contributed by atoms with van der Waals surface area (Å²) < 4.78 is 43.1.